The Balaban J connectivity index is 1.71. The molecule has 0 bridgehead atoms. The van der Waals surface area contributed by atoms with Gasteiger partial charge in [-0.2, -0.15) is 0 Å². The van der Waals surface area contributed by atoms with Crippen LogP contribution in [0.5, 0.6) is 0 Å². The van der Waals surface area contributed by atoms with E-state index in [4.69, 9.17) is 0 Å². The normalized spacial score (nSPS) is 12.5. The standard InChI is InChI=1S/C25H25F2N3OS/c1-15-9-19(6-7-22(15)29-12-16(2)28-14-29)10-20-11-21(24(26)27)13-30(25(20)31)18(4)23-8-5-17(3)32-23/h5-9,11-14,18,24H,10H2,1-4H3/t18-/m0/s1. The molecule has 4 nitrogen and oxygen atoms in total. The molecule has 4 aromatic rings. The summed E-state index contributed by atoms with van der Waals surface area (Å²) in [5.41, 5.74) is 3.84. The molecule has 0 amide bonds. The topological polar surface area (TPSA) is 39.8 Å². The van der Waals surface area contributed by atoms with Gasteiger partial charge in [0.05, 0.1) is 18.1 Å². The van der Waals surface area contributed by atoms with Crippen LogP contribution >= 0.6 is 11.3 Å². The van der Waals surface area contributed by atoms with Crippen LogP contribution in [0.15, 0.2) is 59.9 Å². The number of nitrogens with zero attached hydrogens (tertiary/aromatic N) is 3. The Morgan fingerprint density at radius 3 is 2.44 bits per heavy atom. The summed E-state index contributed by atoms with van der Waals surface area (Å²) in [5.74, 6) is 0. The molecule has 0 spiro atoms. The highest BCUT2D eigenvalue weighted by Gasteiger charge is 2.19. The van der Waals surface area contributed by atoms with Gasteiger partial charge in [0.15, 0.2) is 0 Å². The second kappa shape index (κ2) is 8.82. The fraction of sp³-hybridized carbons (Fsp3) is 0.280. The molecule has 3 heterocycles. The molecule has 0 saturated carbocycles. The minimum atomic E-state index is -2.65. The lowest BCUT2D eigenvalue weighted by Crippen LogP contribution is -2.27. The number of imidazole rings is 1. The van der Waals surface area contributed by atoms with Crippen LogP contribution in [0.2, 0.25) is 0 Å². The molecule has 7 heteroatoms. The monoisotopic (exact) mass is 453 g/mol. The Kier molecular flexibility index (Phi) is 6.11. The molecule has 0 fully saturated rings. The number of alkyl halides is 2. The van der Waals surface area contributed by atoms with Crippen LogP contribution in [0.4, 0.5) is 8.78 Å². The fourth-order valence-electron chi connectivity index (χ4n) is 3.92. The first-order valence-corrected chi connectivity index (χ1v) is 11.2. The van der Waals surface area contributed by atoms with Gasteiger partial charge >= 0.3 is 0 Å². The van der Waals surface area contributed by atoms with Gasteiger partial charge in [0.2, 0.25) is 0 Å². The van der Waals surface area contributed by atoms with Crippen molar-refractivity contribution < 1.29 is 8.78 Å². The molecule has 1 aromatic carbocycles. The lowest BCUT2D eigenvalue weighted by Gasteiger charge is -2.17. The summed E-state index contributed by atoms with van der Waals surface area (Å²) in [4.78, 5) is 19.6. The van der Waals surface area contributed by atoms with Gasteiger partial charge in [-0.25, -0.2) is 13.8 Å². The van der Waals surface area contributed by atoms with E-state index < -0.39 is 6.43 Å². The van der Waals surface area contributed by atoms with Gasteiger partial charge in [0.1, 0.15) is 0 Å². The highest BCUT2D eigenvalue weighted by molar-refractivity contribution is 7.12. The highest BCUT2D eigenvalue weighted by atomic mass is 32.1. The van der Waals surface area contributed by atoms with Crippen molar-refractivity contribution in [2.45, 2.75) is 46.6 Å². The predicted octanol–water partition coefficient (Wildman–Crippen LogP) is 6.16. The minimum Gasteiger partial charge on any atom is -0.307 e. The maximum Gasteiger partial charge on any atom is 0.265 e. The number of hydrogen-bond donors (Lipinski definition) is 0. The van der Waals surface area contributed by atoms with Crippen LogP contribution < -0.4 is 5.56 Å². The number of aromatic nitrogens is 3. The maximum absolute atomic E-state index is 13.7. The maximum atomic E-state index is 13.7. The zero-order chi connectivity index (χ0) is 23.0. The number of hydrogen-bond acceptors (Lipinski definition) is 3. The van der Waals surface area contributed by atoms with E-state index in [2.05, 4.69) is 4.98 Å². The van der Waals surface area contributed by atoms with E-state index in [1.165, 1.54) is 16.8 Å². The van der Waals surface area contributed by atoms with Crippen molar-refractivity contribution in [3.05, 3.63) is 103 Å². The van der Waals surface area contributed by atoms with Gasteiger partial charge in [-0.15, -0.1) is 11.3 Å². The lowest BCUT2D eigenvalue weighted by atomic mass is 10.0. The third kappa shape index (κ3) is 4.43. The van der Waals surface area contributed by atoms with E-state index in [0.717, 1.165) is 32.3 Å². The van der Waals surface area contributed by atoms with Crippen LogP contribution in [-0.2, 0) is 6.42 Å². The second-order valence-electron chi connectivity index (χ2n) is 8.16. The Labute approximate surface area is 189 Å². The number of pyridine rings is 1. The molecule has 1 atom stereocenters. The van der Waals surface area contributed by atoms with E-state index in [9.17, 15) is 13.6 Å². The zero-order valence-electron chi connectivity index (χ0n) is 18.5. The van der Waals surface area contributed by atoms with Crippen molar-refractivity contribution in [3.63, 3.8) is 0 Å². The zero-order valence-corrected chi connectivity index (χ0v) is 19.3. The van der Waals surface area contributed by atoms with Gasteiger partial charge in [0.25, 0.3) is 12.0 Å². The van der Waals surface area contributed by atoms with E-state index in [0.29, 0.717) is 12.0 Å². The molecule has 0 aliphatic rings. The molecule has 32 heavy (non-hydrogen) atoms. The van der Waals surface area contributed by atoms with E-state index in [-0.39, 0.29) is 17.2 Å². The molecule has 4 rings (SSSR count). The van der Waals surface area contributed by atoms with E-state index in [1.807, 2.05) is 68.8 Å². The summed E-state index contributed by atoms with van der Waals surface area (Å²) in [7, 11) is 0. The van der Waals surface area contributed by atoms with E-state index in [1.54, 1.807) is 17.7 Å². The molecule has 166 valence electrons. The Hall–Kier alpha value is -3.06. The third-order valence-electron chi connectivity index (χ3n) is 5.63. The molecular weight excluding hydrogens is 428 g/mol. The largest absolute Gasteiger partial charge is 0.307 e. The summed E-state index contributed by atoms with van der Waals surface area (Å²) >= 11 is 1.57. The van der Waals surface area contributed by atoms with Crippen LogP contribution in [0.1, 0.15) is 57.1 Å². The fourth-order valence-corrected chi connectivity index (χ4v) is 4.85. The van der Waals surface area contributed by atoms with Crippen molar-refractivity contribution in [2.24, 2.45) is 0 Å². The van der Waals surface area contributed by atoms with Gasteiger partial charge in [-0.3, -0.25) is 4.79 Å². The second-order valence-corrected chi connectivity index (χ2v) is 9.48. The lowest BCUT2D eigenvalue weighted by molar-refractivity contribution is 0.150. The Bertz CT molecular complexity index is 1320. The van der Waals surface area contributed by atoms with Crippen molar-refractivity contribution >= 4 is 11.3 Å². The first kappa shape index (κ1) is 22.1. The molecule has 0 saturated heterocycles. The van der Waals surface area contributed by atoms with Crippen LogP contribution in [0.25, 0.3) is 5.69 Å². The van der Waals surface area contributed by atoms with Crippen LogP contribution in [-0.4, -0.2) is 14.1 Å². The average molecular weight is 454 g/mol. The summed E-state index contributed by atoms with van der Waals surface area (Å²) in [6.07, 6.45) is 2.65. The van der Waals surface area contributed by atoms with Gasteiger partial charge in [-0.05, 0) is 63.1 Å². The molecule has 3 aromatic heterocycles. The SMILES string of the molecule is Cc1cn(-c2ccc(Cc3cc(C(F)F)cn([C@@H](C)c4ccc(C)s4)c3=O)cc2C)cn1. The first-order valence-electron chi connectivity index (χ1n) is 10.4. The van der Waals surface area contributed by atoms with Crippen molar-refractivity contribution in [2.75, 3.05) is 0 Å². The summed E-state index contributed by atoms with van der Waals surface area (Å²) < 4.78 is 30.7. The third-order valence-corrected chi connectivity index (χ3v) is 6.80. The molecule has 0 unspecified atom stereocenters. The van der Waals surface area contributed by atoms with Crippen molar-refractivity contribution in [3.8, 4) is 5.69 Å². The predicted molar refractivity (Wildman–Crippen MR) is 124 cm³/mol. The molecule has 0 aliphatic heterocycles. The number of rotatable bonds is 6. The summed E-state index contributed by atoms with van der Waals surface area (Å²) in [6, 6.07) is 10.9. The number of benzene rings is 1. The number of halogens is 2. The Morgan fingerprint density at radius 1 is 1.06 bits per heavy atom. The average Bonchev–Trinajstić information content (AvgIpc) is 3.37. The van der Waals surface area contributed by atoms with Gasteiger partial charge in [0, 0.05) is 45.4 Å². The molecule has 0 N–H and O–H groups in total. The molecule has 0 aliphatic carbocycles. The summed E-state index contributed by atoms with van der Waals surface area (Å²) in [6.45, 7) is 7.78. The highest BCUT2D eigenvalue weighted by Crippen LogP contribution is 2.27. The Morgan fingerprint density at radius 2 is 1.84 bits per heavy atom. The minimum absolute atomic E-state index is 0.137. The van der Waals surface area contributed by atoms with Gasteiger partial charge < -0.3 is 9.13 Å². The number of aryl methyl sites for hydroxylation is 3. The number of thiophene rings is 1. The van der Waals surface area contributed by atoms with Crippen LogP contribution in [0, 0.1) is 20.8 Å². The quantitative estimate of drug-likeness (QED) is 0.351. The van der Waals surface area contributed by atoms with Crippen LogP contribution in [0.3, 0.4) is 0 Å². The molecular formula is C25H25F2N3OS. The smallest absolute Gasteiger partial charge is 0.265 e. The van der Waals surface area contributed by atoms with Gasteiger partial charge in [-0.1, -0.05) is 12.1 Å². The first-order chi connectivity index (χ1) is 15.2. The van der Waals surface area contributed by atoms with E-state index >= 15 is 0 Å². The van der Waals surface area contributed by atoms with Crippen molar-refractivity contribution in [1.82, 2.24) is 14.1 Å². The summed E-state index contributed by atoms with van der Waals surface area (Å²) in [5, 5.41) is 0. The molecule has 0 radical (unpaired) electrons. The van der Waals surface area contributed by atoms with Crippen molar-refractivity contribution in [1.29, 1.82) is 0 Å².